The fourth-order valence-electron chi connectivity index (χ4n) is 2.72. The van der Waals surface area contributed by atoms with E-state index in [0.29, 0.717) is 6.61 Å². The van der Waals surface area contributed by atoms with E-state index in [4.69, 9.17) is 9.42 Å². The number of aliphatic hydroxyl groups is 1. The average molecular weight is 410 g/mol. The predicted molar refractivity (Wildman–Crippen MR) is 126 cm³/mol. The average Bonchev–Trinajstić information content (AvgIpc) is 2.68. The molecule has 156 valence electrons. The van der Waals surface area contributed by atoms with Crippen LogP contribution in [0.3, 0.4) is 0 Å². The van der Waals surface area contributed by atoms with Gasteiger partial charge in [0.15, 0.2) is 8.32 Å². The van der Waals surface area contributed by atoms with Crippen molar-refractivity contribution in [2.75, 3.05) is 6.61 Å². The number of aliphatic hydroxyl groups excluding tert-OH is 1. The van der Waals surface area contributed by atoms with E-state index in [1.165, 1.54) is 0 Å². The Labute approximate surface area is 177 Å². The van der Waals surface area contributed by atoms with Crippen molar-refractivity contribution in [1.29, 1.82) is 0 Å². The minimum Gasteiger partial charge on any atom is -0.415 e. The number of rotatable bonds is 8. The van der Waals surface area contributed by atoms with Crippen LogP contribution in [-0.2, 0) is 4.43 Å². The molecule has 0 aliphatic rings. The maximum Gasteiger partial charge on any atom is 0.192 e. The normalized spacial score (nSPS) is 14.6. The highest BCUT2D eigenvalue weighted by Gasteiger charge is 2.38. The highest BCUT2D eigenvalue weighted by Crippen LogP contribution is 2.36. The van der Waals surface area contributed by atoms with Gasteiger partial charge < -0.3 is 9.53 Å². The number of aliphatic imine (C=N–C) groups is 1. The molecule has 0 bridgehead atoms. The zero-order chi connectivity index (χ0) is 21.5. The minimum absolute atomic E-state index is 0.106. The van der Waals surface area contributed by atoms with Crippen molar-refractivity contribution < 1.29 is 9.53 Å². The van der Waals surface area contributed by atoms with E-state index >= 15 is 0 Å². The van der Waals surface area contributed by atoms with Crippen LogP contribution in [0.4, 0.5) is 0 Å². The van der Waals surface area contributed by atoms with Crippen LogP contribution < -0.4 is 0 Å². The van der Waals surface area contributed by atoms with Crippen LogP contribution in [0.1, 0.15) is 38.8 Å². The van der Waals surface area contributed by atoms with E-state index in [1.54, 1.807) is 6.08 Å². The summed E-state index contributed by atoms with van der Waals surface area (Å²) in [5.41, 5.74) is 2.94. The molecule has 2 rings (SSSR count). The first-order valence-corrected chi connectivity index (χ1v) is 13.2. The Kier molecular flexibility index (Phi) is 8.14. The molecular formula is C25H35NO2Si. The zero-order valence-corrected chi connectivity index (χ0v) is 19.6. The number of benzene rings is 2. The topological polar surface area (TPSA) is 41.8 Å². The summed E-state index contributed by atoms with van der Waals surface area (Å²) < 4.78 is 6.43. The van der Waals surface area contributed by atoms with Crippen LogP contribution in [-0.4, -0.2) is 37.9 Å². The van der Waals surface area contributed by atoms with E-state index in [-0.39, 0.29) is 11.1 Å². The standard InChI is InChI=1S/C25H35NO2Si/c1-7-14-23(27)22(19-28-29(5,6)25(2,3)4)26-24(20-15-10-8-11-16-20)21-17-12-9-13-18-21/h7-18,22-23,27H,19H2,1-6H3/b14-7+/t22-,23-/m0/s1. The van der Waals surface area contributed by atoms with Gasteiger partial charge in [0, 0.05) is 11.1 Å². The molecule has 0 fully saturated rings. The van der Waals surface area contributed by atoms with Gasteiger partial charge in [0.05, 0.1) is 18.4 Å². The SMILES string of the molecule is C/C=C/[C@H](O)[C@H](CO[Si](C)(C)C(C)(C)C)N=C(c1ccccc1)c1ccccc1. The van der Waals surface area contributed by atoms with Crippen LogP contribution >= 0.6 is 0 Å². The van der Waals surface area contributed by atoms with Gasteiger partial charge >= 0.3 is 0 Å². The lowest BCUT2D eigenvalue weighted by molar-refractivity contribution is 0.148. The molecule has 0 saturated heterocycles. The summed E-state index contributed by atoms with van der Waals surface area (Å²) in [5, 5.41) is 10.9. The van der Waals surface area contributed by atoms with Gasteiger partial charge in [-0.15, -0.1) is 0 Å². The van der Waals surface area contributed by atoms with Crippen molar-refractivity contribution >= 4 is 14.0 Å². The maximum absolute atomic E-state index is 10.8. The monoisotopic (exact) mass is 409 g/mol. The second-order valence-corrected chi connectivity index (χ2v) is 13.7. The molecule has 2 atom stereocenters. The van der Waals surface area contributed by atoms with Gasteiger partial charge in [0.25, 0.3) is 0 Å². The Morgan fingerprint density at radius 3 is 1.90 bits per heavy atom. The largest absolute Gasteiger partial charge is 0.415 e. The molecule has 0 aromatic heterocycles. The molecule has 0 unspecified atom stereocenters. The molecule has 0 aliphatic heterocycles. The first-order valence-electron chi connectivity index (χ1n) is 10.3. The predicted octanol–water partition coefficient (Wildman–Crippen LogP) is 5.85. The number of nitrogens with zero attached hydrogens (tertiary/aromatic N) is 1. The quantitative estimate of drug-likeness (QED) is 0.337. The summed E-state index contributed by atoms with van der Waals surface area (Å²) in [5.74, 6) is 0. The van der Waals surface area contributed by atoms with E-state index in [9.17, 15) is 5.11 Å². The molecule has 4 heteroatoms. The van der Waals surface area contributed by atoms with Gasteiger partial charge in [-0.05, 0) is 25.1 Å². The smallest absolute Gasteiger partial charge is 0.192 e. The first-order chi connectivity index (χ1) is 13.7. The lowest BCUT2D eigenvalue weighted by Crippen LogP contribution is -2.44. The summed E-state index contributed by atoms with van der Waals surface area (Å²) in [6, 6.07) is 19.9. The molecule has 2 aromatic rings. The van der Waals surface area contributed by atoms with Crippen molar-refractivity contribution in [3.63, 3.8) is 0 Å². The Morgan fingerprint density at radius 1 is 1.00 bits per heavy atom. The van der Waals surface area contributed by atoms with Crippen LogP contribution in [0.2, 0.25) is 18.1 Å². The third-order valence-corrected chi connectivity index (χ3v) is 10.1. The summed E-state index contributed by atoms with van der Waals surface area (Å²) in [4.78, 5) is 5.03. The van der Waals surface area contributed by atoms with Crippen LogP contribution in [0.15, 0.2) is 77.8 Å². The van der Waals surface area contributed by atoms with Gasteiger partial charge in [-0.3, -0.25) is 4.99 Å². The molecule has 2 aromatic carbocycles. The fraction of sp³-hybridized carbons (Fsp3) is 0.400. The Balaban J connectivity index is 2.44. The van der Waals surface area contributed by atoms with E-state index < -0.39 is 14.4 Å². The lowest BCUT2D eigenvalue weighted by Gasteiger charge is -2.37. The van der Waals surface area contributed by atoms with Gasteiger partial charge in [0.1, 0.15) is 6.04 Å². The van der Waals surface area contributed by atoms with Crippen LogP contribution in [0.5, 0.6) is 0 Å². The number of hydrogen-bond donors (Lipinski definition) is 1. The third-order valence-electron chi connectivity index (χ3n) is 5.59. The van der Waals surface area contributed by atoms with E-state index in [2.05, 4.69) is 58.1 Å². The second kappa shape index (κ2) is 10.1. The van der Waals surface area contributed by atoms with Gasteiger partial charge in [-0.2, -0.15) is 0 Å². The lowest BCUT2D eigenvalue weighted by atomic mass is 10.0. The molecule has 1 N–H and O–H groups in total. The molecule has 0 aliphatic carbocycles. The van der Waals surface area contributed by atoms with Crippen LogP contribution in [0, 0.1) is 0 Å². The van der Waals surface area contributed by atoms with E-state index in [1.807, 2.05) is 49.4 Å². The summed E-state index contributed by atoms with van der Waals surface area (Å²) in [6.45, 7) is 13.4. The maximum atomic E-state index is 10.8. The van der Waals surface area contributed by atoms with Crippen molar-refractivity contribution in [3.05, 3.63) is 83.9 Å². The van der Waals surface area contributed by atoms with Crippen molar-refractivity contribution in [2.45, 2.75) is 58.0 Å². The van der Waals surface area contributed by atoms with Crippen molar-refractivity contribution in [2.24, 2.45) is 4.99 Å². The number of allylic oxidation sites excluding steroid dienone is 1. The first kappa shape index (κ1) is 23.3. The van der Waals surface area contributed by atoms with Gasteiger partial charge in [-0.1, -0.05) is 93.6 Å². The zero-order valence-electron chi connectivity index (χ0n) is 18.6. The molecule has 0 heterocycles. The molecule has 0 amide bonds. The number of hydrogen-bond acceptors (Lipinski definition) is 3. The summed E-state index contributed by atoms with van der Waals surface area (Å²) in [6.07, 6.45) is 2.95. The van der Waals surface area contributed by atoms with Crippen molar-refractivity contribution in [1.82, 2.24) is 0 Å². The minimum atomic E-state index is -1.95. The molecule has 0 spiro atoms. The molecule has 3 nitrogen and oxygen atoms in total. The Bertz CT molecular complexity index is 766. The van der Waals surface area contributed by atoms with Gasteiger partial charge in [-0.25, -0.2) is 0 Å². The second-order valence-electron chi connectivity index (χ2n) is 8.86. The Morgan fingerprint density at radius 2 is 1.48 bits per heavy atom. The molecule has 29 heavy (non-hydrogen) atoms. The highest BCUT2D eigenvalue weighted by molar-refractivity contribution is 6.74. The molecule has 0 saturated carbocycles. The Hall–Kier alpha value is -2.01. The van der Waals surface area contributed by atoms with Gasteiger partial charge in [0.2, 0.25) is 0 Å². The fourth-order valence-corrected chi connectivity index (χ4v) is 3.74. The van der Waals surface area contributed by atoms with Crippen LogP contribution in [0.25, 0.3) is 0 Å². The van der Waals surface area contributed by atoms with E-state index in [0.717, 1.165) is 16.8 Å². The summed E-state index contributed by atoms with van der Waals surface area (Å²) >= 11 is 0. The highest BCUT2D eigenvalue weighted by atomic mass is 28.4. The summed E-state index contributed by atoms with van der Waals surface area (Å²) in [7, 11) is -1.95. The van der Waals surface area contributed by atoms with Crippen molar-refractivity contribution in [3.8, 4) is 0 Å². The third kappa shape index (κ3) is 6.49. The molecular weight excluding hydrogens is 374 g/mol. The molecule has 0 radical (unpaired) electrons.